The molecule has 1 saturated heterocycles. The summed E-state index contributed by atoms with van der Waals surface area (Å²) in [5, 5.41) is 11.9. The number of fused-ring (bicyclic) bond motifs is 1. The van der Waals surface area contributed by atoms with Crippen LogP contribution in [0.25, 0.3) is 0 Å². The van der Waals surface area contributed by atoms with Gasteiger partial charge in [-0.1, -0.05) is 13.3 Å². The molecule has 29 heavy (non-hydrogen) atoms. The van der Waals surface area contributed by atoms with Crippen molar-refractivity contribution < 1.29 is 19.4 Å². The average molecular weight is 405 g/mol. The monoisotopic (exact) mass is 404 g/mol. The van der Waals surface area contributed by atoms with Crippen molar-refractivity contribution in [3.05, 3.63) is 11.4 Å². The van der Waals surface area contributed by atoms with Gasteiger partial charge in [-0.2, -0.15) is 9.97 Å². The average Bonchev–Trinajstić information content (AvgIpc) is 2.99. The fourth-order valence-electron chi connectivity index (χ4n) is 4.13. The second-order valence-corrected chi connectivity index (χ2v) is 8.12. The minimum Gasteiger partial charge on any atom is -0.481 e. The Bertz CT molecular complexity index is 732. The number of rotatable bonds is 10. The lowest BCUT2D eigenvalue weighted by Crippen LogP contribution is -2.35. The molecule has 0 radical (unpaired) electrons. The summed E-state index contributed by atoms with van der Waals surface area (Å²) in [6.07, 6.45) is 5.76. The van der Waals surface area contributed by atoms with E-state index in [0.29, 0.717) is 18.5 Å². The van der Waals surface area contributed by atoms with Crippen LogP contribution in [-0.4, -0.2) is 58.1 Å². The molecule has 0 spiro atoms. The van der Waals surface area contributed by atoms with Gasteiger partial charge < -0.3 is 20.1 Å². The summed E-state index contributed by atoms with van der Waals surface area (Å²) in [7, 11) is 0. The Morgan fingerprint density at radius 3 is 2.72 bits per heavy atom. The number of amides is 1. The quantitative estimate of drug-likeness (QED) is 0.578. The zero-order chi connectivity index (χ0) is 20.8. The van der Waals surface area contributed by atoms with Gasteiger partial charge >= 0.3 is 12.0 Å². The zero-order valence-corrected chi connectivity index (χ0v) is 17.4. The van der Waals surface area contributed by atoms with Crippen LogP contribution in [0.4, 0.5) is 5.69 Å². The molecule has 0 saturated carbocycles. The molecule has 0 aliphatic carbocycles. The fourth-order valence-corrected chi connectivity index (χ4v) is 4.13. The number of unbranched alkanes of at least 4 members (excludes halogenated alkanes) is 1. The molecule has 1 amide bonds. The summed E-state index contributed by atoms with van der Waals surface area (Å²) >= 11 is 0. The van der Waals surface area contributed by atoms with Gasteiger partial charge in [0.2, 0.25) is 5.91 Å². The number of nitrogens with zero attached hydrogens (tertiary/aromatic N) is 3. The molecule has 1 aromatic rings. The van der Waals surface area contributed by atoms with Crippen molar-refractivity contribution in [2.45, 2.75) is 64.7 Å². The zero-order valence-electron chi connectivity index (χ0n) is 17.4. The molecule has 3 heterocycles. The van der Waals surface area contributed by atoms with Crippen molar-refractivity contribution in [1.82, 2.24) is 14.9 Å². The summed E-state index contributed by atoms with van der Waals surface area (Å²) in [6, 6.07) is 0.358. The van der Waals surface area contributed by atoms with E-state index >= 15 is 0 Å². The molecule has 0 bridgehead atoms. The van der Waals surface area contributed by atoms with E-state index in [4.69, 9.17) is 9.84 Å². The van der Waals surface area contributed by atoms with Crippen molar-refractivity contribution in [1.29, 1.82) is 0 Å². The van der Waals surface area contributed by atoms with E-state index in [0.717, 1.165) is 75.2 Å². The number of ether oxygens (including phenoxy) is 1. The minimum absolute atomic E-state index is 0.0109. The molecule has 1 unspecified atom stereocenters. The lowest BCUT2D eigenvalue weighted by molar-refractivity contribution is -0.138. The molecule has 2 aliphatic heterocycles. The molecule has 8 heteroatoms. The molecule has 2 N–H and O–H groups in total. The third-order valence-corrected chi connectivity index (χ3v) is 5.86. The number of carboxylic acids is 1. The van der Waals surface area contributed by atoms with Crippen LogP contribution >= 0.6 is 0 Å². The van der Waals surface area contributed by atoms with Gasteiger partial charge in [-0.25, -0.2) is 0 Å². The number of aryl methyl sites for hydroxylation is 1. The lowest BCUT2D eigenvalue weighted by Gasteiger charge is -2.31. The van der Waals surface area contributed by atoms with Crippen LogP contribution < -0.4 is 10.1 Å². The standard InChI is InChI=1S/C21H32N4O4/c1-3-4-12-29-21-22-14(2)18-19(24-21)16(20(28)23-18)6-5-9-25-10-7-15(8-11-25)13-17(26)27/h15-16H,3-13H2,1-2H3,(H,23,28)(H,26,27). The van der Waals surface area contributed by atoms with Crippen LogP contribution in [-0.2, 0) is 9.59 Å². The predicted octanol–water partition coefficient (Wildman–Crippen LogP) is 2.97. The molecular weight excluding hydrogens is 372 g/mol. The molecule has 1 aromatic heterocycles. The predicted molar refractivity (Wildman–Crippen MR) is 109 cm³/mol. The van der Waals surface area contributed by atoms with Gasteiger partial charge in [0, 0.05) is 6.42 Å². The molecule has 3 rings (SSSR count). The van der Waals surface area contributed by atoms with E-state index in [1.807, 2.05) is 6.92 Å². The third-order valence-electron chi connectivity index (χ3n) is 5.86. The van der Waals surface area contributed by atoms with E-state index < -0.39 is 5.97 Å². The SMILES string of the molecule is CCCCOc1nc(C)c2c(n1)C(CCCN1CCC(CC(=O)O)CC1)C(=O)N2. The molecule has 1 fully saturated rings. The Morgan fingerprint density at radius 2 is 2.03 bits per heavy atom. The summed E-state index contributed by atoms with van der Waals surface area (Å²) in [5.74, 6) is -0.681. The maximum absolute atomic E-state index is 12.5. The number of carbonyl (C=O) groups excluding carboxylic acids is 1. The highest BCUT2D eigenvalue weighted by molar-refractivity contribution is 6.02. The van der Waals surface area contributed by atoms with E-state index in [2.05, 4.69) is 27.1 Å². The highest BCUT2D eigenvalue weighted by atomic mass is 16.5. The van der Waals surface area contributed by atoms with E-state index in [9.17, 15) is 9.59 Å². The van der Waals surface area contributed by atoms with Gasteiger partial charge in [-0.3, -0.25) is 9.59 Å². The Morgan fingerprint density at radius 1 is 1.28 bits per heavy atom. The van der Waals surface area contributed by atoms with Crippen LogP contribution in [0.15, 0.2) is 0 Å². The Hall–Kier alpha value is -2.22. The van der Waals surface area contributed by atoms with Gasteiger partial charge in [0.05, 0.1) is 29.6 Å². The number of carboxylic acid groups (broad SMARTS) is 1. The number of aromatic nitrogens is 2. The summed E-state index contributed by atoms with van der Waals surface area (Å²) in [4.78, 5) is 34.6. The smallest absolute Gasteiger partial charge is 0.316 e. The second kappa shape index (κ2) is 10.0. The third kappa shape index (κ3) is 5.65. The second-order valence-electron chi connectivity index (χ2n) is 8.12. The normalized spacial score (nSPS) is 19.8. The van der Waals surface area contributed by atoms with Gasteiger partial charge in [-0.15, -0.1) is 0 Å². The number of aliphatic carboxylic acids is 1. The molecular formula is C21H32N4O4. The number of piperidine rings is 1. The number of anilines is 1. The van der Waals surface area contributed by atoms with Crippen LogP contribution in [0.1, 0.15) is 69.2 Å². The van der Waals surface area contributed by atoms with Crippen molar-refractivity contribution >= 4 is 17.6 Å². The van der Waals surface area contributed by atoms with E-state index in [1.54, 1.807) is 0 Å². The van der Waals surface area contributed by atoms with Gasteiger partial charge in [0.1, 0.15) is 0 Å². The largest absolute Gasteiger partial charge is 0.481 e. The molecule has 0 aromatic carbocycles. The van der Waals surface area contributed by atoms with Crippen molar-refractivity contribution in [3.8, 4) is 6.01 Å². The van der Waals surface area contributed by atoms with Crippen LogP contribution in [0, 0.1) is 12.8 Å². The fraction of sp³-hybridized carbons (Fsp3) is 0.714. The first-order valence-electron chi connectivity index (χ1n) is 10.7. The Kier molecular flexibility index (Phi) is 7.41. The molecule has 2 aliphatic rings. The van der Waals surface area contributed by atoms with E-state index in [-0.39, 0.29) is 18.2 Å². The topological polar surface area (TPSA) is 105 Å². The summed E-state index contributed by atoms with van der Waals surface area (Å²) < 4.78 is 5.66. The molecule has 1 atom stereocenters. The molecule has 160 valence electrons. The van der Waals surface area contributed by atoms with Gasteiger partial charge in [0.25, 0.3) is 0 Å². The van der Waals surface area contributed by atoms with Crippen LogP contribution in [0.3, 0.4) is 0 Å². The van der Waals surface area contributed by atoms with Crippen molar-refractivity contribution in [2.24, 2.45) is 5.92 Å². The first-order valence-corrected chi connectivity index (χ1v) is 10.7. The van der Waals surface area contributed by atoms with Gasteiger partial charge in [0.15, 0.2) is 0 Å². The number of hydrogen-bond donors (Lipinski definition) is 2. The maximum Gasteiger partial charge on any atom is 0.316 e. The summed E-state index contributed by atoms with van der Waals surface area (Å²) in [6.45, 7) is 7.34. The lowest BCUT2D eigenvalue weighted by atomic mass is 9.93. The minimum atomic E-state index is -0.704. The van der Waals surface area contributed by atoms with Gasteiger partial charge in [-0.05, 0) is 64.6 Å². The number of hydrogen-bond acceptors (Lipinski definition) is 6. The van der Waals surface area contributed by atoms with Crippen molar-refractivity contribution in [3.63, 3.8) is 0 Å². The van der Waals surface area contributed by atoms with Crippen LogP contribution in [0.5, 0.6) is 6.01 Å². The number of carbonyl (C=O) groups is 2. The maximum atomic E-state index is 12.5. The molecule has 8 nitrogen and oxygen atoms in total. The summed E-state index contributed by atoms with van der Waals surface area (Å²) in [5.41, 5.74) is 2.24. The number of nitrogens with one attached hydrogen (secondary N) is 1. The first-order chi connectivity index (χ1) is 14.0. The van der Waals surface area contributed by atoms with Crippen LogP contribution in [0.2, 0.25) is 0 Å². The first kappa shape index (κ1) is 21.5. The Balaban J connectivity index is 1.52. The highest BCUT2D eigenvalue weighted by Crippen LogP contribution is 2.36. The van der Waals surface area contributed by atoms with Crippen molar-refractivity contribution in [2.75, 3.05) is 31.6 Å². The number of likely N-dealkylation sites (tertiary alicyclic amines) is 1. The Labute approximate surface area is 172 Å². The van der Waals surface area contributed by atoms with E-state index in [1.165, 1.54) is 0 Å². The highest BCUT2D eigenvalue weighted by Gasteiger charge is 2.34.